The van der Waals surface area contributed by atoms with Crippen molar-refractivity contribution in [2.45, 2.75) is 69.7 Å². The van der Waals surface area contributed by atoms with E-state index in [1.807, 2.05) is 35.2 Å². The van der Waals surface area contributed by atoms with Crippen LogP contribution < -0.4 is 10.2 Å². The summed E-state index contributed by atoms with van der Waals surface area (Å²) in [7, 11) is 0. The molecule has 6 nitrogen and oxygen atoms in total. The summed E-state index contributed by atoms with van der Waals surface area (Å²) in [6, 6.07) is 12.4. The number of alkyl halides is 3. The molecule has 3 heterocycles. The van der Waals surface area contributed by atoms with E-state index in [1.165, 1.54) is 6.07 Å². The van der Waals surface area contributed by atoms with Crippen molar-refractivity contribution in [3.8, 4) is 0 Å². The van der Waals surface area contributed by atoms with Gasteiger partial charge in [0.15, 0.2) is 0 Å². The van der Waals surface area contributed by atoms with Crippen molar-refractivity contribution in [3.63, 3.8) is 0 Å². The number of benzene rings is 1. The van der Waals surface area contributed by atoms with Gasteiger partial charge in [0.1, 0.15) is 17.1 Å². The third-order valence-electron chi connectivity index (χ3n) is 7.57. The van der Waals surface area contributed by atoms with E-state index < -0.39 is 11.9 Å². The topological polar surface area (TPSA) is 66.8 Å². The minimum atomic E-state index is -4.50. The third-order valence-corrected chi connectivity index (χ3v) is 7.57. The second-order valence-corrected chi connectivity index (χ2v) is 10.1. The van der Waals surface area contributed by atoms with E-state index in [2.05, 4.69) is 15.5 Å². The second kappa shape index (κ2) is 10.1. The van der Waals surface area contributed by atoms with Crippen LogP contribution in [-0.2, 0) is 22.4 Å². The number of anilines is 1. The van der Waals surface area contributed by atoms with Crippen LogP contribution in [0.2, 0.25) is 0 Å². The summed E-state index contributed by atoms with van der Waals surface area (Å²) in [4.78, 5) is 24.7. The molecular weight excluding hydrogens is 469 g/mol. The van der Waals surface area contributed by atoms with Crippen LogP contribution in [0.15, 0.2) is 47.6 Å². The van der Waals surface area contributed by atoms with E-state index in [9.17, 15) is 18.0 Å². The molecule has 5 rings (SSSR count). The van der Waals surface area contributed by atoms with Crippen molar-refractivity contribution < 1.29 is 22.8 Å². The normalized spacial score (nSPS) is 24.4. The summed E-state index contributed by atoms with van der Waals surface area (Å²) < 4.78 is 39.9. The Morgan fingerprint density at radius 3 is 2.47 bits per heavy atom. The Morgan fingerprint density at radius 2 is 1.78 bits per heavy atom. The van der Waals surface area contributed by atoms with Gasteiger partial charge < -0.3 is 15.1 Å². The SMILES string of the molecule is O=C(NCc1ccc(C(F)(F)F)nc1N1CCCCC1)[C@H]1CC[C@]2(CC1)CC(c1ccccc1)=NO2. The number of halogens is 3. The zero-order valence-corrected chi connectivity index (χ0v) is 20.2. The molecule has 0 atom stereocenters. The first-order valence-electron chi connectivity index (χ1n) is 12.7. The lowest BCUT2D eigenvalue weighted by Crippen LogP contribution is -2.40. The number of rotatable bonds is 5. The number of amides is 1. The highest BCUT2D eigenvalue weighted by atomic mass is 19.4. The molecule has 2 aromatic rings. The van der Waals surface area contributed by atoms with E-state index in [-0.39, 0.29) is 24.0 Å². The number of carbonyl (C=O) groups is 1. The fourth-order valence-electron chi connectivity index (χ4n) is 5.46. The summed E-state index contributed by atoms with van der Waals surface area (Å²) in [5.74, 6) is 0.106. The van der Waals surface area contributed by atoms with Crippen LogP contribution >= 0.6 is 0 Å². The number of carbonyl (C=O) groups excluding carboxylic acids is 1. The van der Waals surface area contributed by atoms with Gasteiger partial charge in [-0.25, -0.2) is 4.98 Å². The molecule has 2 fully saturated rings. The highest BCUT2D eigenvalue weighted by Gasteiger charge is 2.44. The fraction of sp³-hybridized carbons (Fsp3) is 0.519. The predicted molar refractivity (Wildman–Crippen MR) is 131 cm³/mol. The minimum Gasteiger partial charge on any atom is -0.389 e. The summed E-state index contributed by atoms with van der Waals surface area (Å²) in [6.45, 7) is 1.51. The van der Waals surface area contributed by atoms with E-state index >= 15 is 0 Å². The highest BCUT2D eigenvalue weighted by Crippen LogP contribution is 2.41. The molecule has 192 valence electrons. The Hall–Kier alpha value is -3.10. The molecule has 0 unspecified atom stereocenters. The van der Waals surface area contributed by atoms with Crippen molar-refractivity contribution >= 4 is 17.4 Å². The summed E-state index contributed by atoms with van der Waals surface area (Å²) in [5.41, 5.74) is 1.37. The van der Waals surface area contributed by atoms with Crippen molar-refractivity contribution in [3.05, 3.63) is 59.3 Å². The van der Waals surface area contributed by atoms with Crippen LogP contribution in [0.1, 0.15) is 68.2 Å². The van der Waals surface area contributed by atoms with Crippen molar-refractivity contribution in [1.29, 1.82) is 0 Å². The average molecular weight is 501 g/mol. The number of nitrogens with one attached hydrogen (secondary N) is 1. The fourth-order valence-corrected chi connectivity index (χ4v) is 5.46. The molecule has 1 N–H and O–H groups in total. The molecule has 1 aliphatic carbocycles. The monoisotopic (exact) mass is 500 g/mol. The summed E-state index contributed by atoms with van der Waals surface area (Å²) >= 11 is 0. The van der Waals surface area contributed by atoms with E-state index in [0.717, 1.165) is 55.9 Å². The lowest BCUT2D eigenvalue weighted by molar-refractivity contribution is -0.141. The van der Waals surface area contributed by atoms with Gasteiger partial charge in [-0.05, 0) is 56.6 Å². The van der Waals surface area contributed by atoms with Gasteiger partial charge in [-0.3, -0.25) is 4.79 Å². The van der Waals surface area contributed by atoms with Crippen LogP contribution in [0.25, 0.3) is 0 Å². The summed E-state index contributed by atoms with van der Waals surface area (Å²) in [6.07, 6.45) is 2.00. The molecule has 3 aliphatic rings. The van der Waals surface area contributed by atoms with Crippen molar-refractivity contribution in [2.24, 2.45) is 11.1 Å². The maximum Gasteiger partial charge on any atom is 0.433 e. The van der Waals surface area contributed by atoms with Crippen LogP contribution in [0.3, 0.4) is 0 Å². The standard InChI is InChI=1S/C27H31F3N4O2/c28-27(29,30)23-10-9-21(24(32-23)34-15-5-2-6-16-34)18-31-25(35)20-11-13-26(14-12-20)17-22(33-36-26)19-7-3-1-4-8-19/h1,3-4,7-10,20H,2,5-6,11-18H2,(H,31,35)/t20-,26-. The maximum absolute atomic E-state index is 13.3. The quantitative estimate of drug-likeness (QED) is 0.592. The number of hydrogen-bond acceptors (Lipinski definition) is 5. The van der Waals surface area contributed by atoms with Gasteiger partial charge >= 0.3 is 6.18 Å². The number of aromatic nitrogens is 1. The van der Waals surface area contributed by atoms with Crippen molar-refractivity contribution in [2.75, 3.05) is 18.0 Å². The van der Waals surface area contributed by atoms with Crippen LogP contribution in [0.5, 0.6) is 0 Å². The molecule has 1 saturated carbocycles. The first-order chi connectivity index (χ1) is 17.3. The molecule has 1 aromatic heterocycles. The molecule has 36 heavy (non-hydrogen) atoms. The van der Waals surface area contributed by atoms with Gasteiger partial charge in [-0.1, -0.05) is 41.6 Å². The third kappa shape index (κ3) is 5.34. The van der Waals surface area contributed by atoms with Gasteiger partial charge in [0.2, 0.25) is 5.91 Å². The van der Waals surface area contributed by atoms with Crippen LogP contribution in [0, 0.1) is 5.92 Å². The van der Waals surface area contributed by atoms with Gasteiger partial charge in [0.05, 0.1) is 5.71 Å². The zero-order chi connectivity index (χ0) is 25.2. The Labute approximate surface area is 208 Å². The first-order valence-corrected chi connectivity index (χ1v) is 12.7. The number of nitrogens with zero attached hydrogens (tertiary/aromatic N) is 3. The molecular formula is C27H31F3N4O2. The molecule has 0 radical (unpaired) electrons. The van der Waals surface area contributed by atoms with E-state index in [0.29, 0.717) is 37.3 Å². The Bertz CT molecular complexity index is 1110. The van der Waals surface area contributed by atoms with Crippen LogP contribution in [0.4, 0.5) is 19.0 Å². The Balaban J connectivity index is 1.19. The minimum absolute atomic E-state index is 0.0726. The van der Waals surface area contributed by atoms with Gasteiger partial charge in [-0.2, -0.15) is 13.2 Å². The van der Waals surface area contributed by atoms with Crippen molar-refractivity contribution in [1.82, 2.24) is 10.3 Å². The number of oxime groups is 1. The van der Waals surface area contributed by atoms with Gasteiger partial charge in [-0.15, -0.1) is 0 Å². The second-order valence-electron chi connectivity index (χ2n) is 10.1. The first kappa shape index (κ1) is 24.6. The number of hydrogen-bond donors (Lipinski definition) is 1. The van der Waals surface area contributed by atoms with E-state index in [1.54, 1.807) is 0 Å². The molecule has 1 spiro atoms. The highest BCUT2D eigenvalue weighted by molar-refractivity contribution is 6.01. The smallest absolute Gasteiger partial charge is 0.389 e. The van der Waals surface area contributed by atoms with Crippen LogP contribution in [-0.4, -0.2) is 35.3 Å². The molecule has 1 saturated heterocycles. The lowest BCUT2D eigenvalue weighted by atomic mass is 9.76. The predicted octanol–water partition coefficient (Wildman–Crippen LogP) is 5.46. The summed E-state index contributed by atoms with van der Waals surface area (Å²) in [5, 5.41) is 7.30. The average Bonchev–Trinajstić information content (AvgIpc) is 3.31. The lowest BCUT2D eigenvalue weighted by Gasteiger charge is -2.34. The van der Waals surface area contributed by atoms with Gasteiger partial charge in [0.25, 0.3) is 0 Å². The Kier molecular flexibility index (Phi) is 6.90. The zero-order valence-electron chi connectivity index (χ0n) is 20.2. The molecule has 0 bridgehead atoms. The van der Waals surface area contributed by atoms with E-state index in [4.69, 9.17) is 4.84 Å². The molecule has 1 aromatic carbocycles. The number of pyridine rings is 1. The molecule has 9 heteroatoms. The molecule has 2 aliphatic heterocycles. The van der Waals surface area contributed by atoms with Gasteiger partial charge in [0, 0.05) is 37.5 Å². The number of piperidine rings is 1. The maximum atomic E-state index is 13.3. The Morgan fingerprint density at radius 1 is 1.06 bits per heavy atom. The largest absolute Gasteiger partial charge is 0.433 e. The molecule has 1 amide bonds.